The quantitative estimate of drug-likeness (QED) is 0.363. The van der Waals surface area contributed by atoms with E-state index in [2.05, 4.69) is 4.74 Å². The first-order chi connectivity index (χ1) is 14.0. The normalized spacial score (nSPS) is 14.5. The average Bonchev–Trinajstić information content (AvgIpc) is 2.62. The van der Waals surface area contributed by atoms with Crippen molar-refractivity contribution in [2.45, 2.75) is 62.9 Å². The standard InChI is InChI=1S/C17H14F12O3/c1-7-4-9(5-8(2)10(7)30)6-32-11(31)13(20,21)15(24,25)17(28,29)16(26,27)14(22,23)12(3,18)19/h4-5,30H,6H2,1-3H3. The first kappa shape index (κ1) is 27.7. The summed E-state index contributed by atoms with van der Waals surface area (Å²) in [5.74, 6) is -47.1. The van der Waals surface area contributed by atoms with Gasteiger partial charge in [-0.2, -0.15) is 52.7 Å². The Hall–Kier alpha value is -2.35. The molecule has 0 atom stereocenters. The van der Waals surface area contributed by atoms with Crippen LogP contribution in [-0.2, 0) is 16.1 Å². The Morgan fingerprint density at radius 2 is 1.16 bits per heavy atom. The van der Waals surface area contributed by atoms with Gasteiger partial charge in [0.2, 0.25) is 0 Å². The summed E-state index contributed by atoms with van der Waals surface area (Å²) in [5, 5.41) is 9.54. The molecular formula is C17H14F12O3. The number of carbonyl (C=O) groups excluding carboxylic acids is 1. The zero-order valence-electron chi connectivity index (χ0n) is 16.2. The maximum Gasteiger partial charge on any atom is 0.410 e. The van der Waals surface area contributed by atoms with Gasteiger partial charge in [0.15, 0.2) is 0 Å². The van der Waals surface area contributed by atoms with Crippen molar-refractivity contribution in [2.75, 3.05) is 0 Å². The zero-order valence-corrected chi connectivity index (χ0v) is 16.2. The second kappa shape index (κ2) is 7.90. The molecule has 0 saturated heterocycles. The average molecular weight is 494 g/mol. The number of hydrogen-bond donors (Lipinski definition) is 1. The van der Waals surface area contributed by atoms with Gasteiger partial charge in [-0.15, -0.1) is 0 Å². The fourth-order valence-electron chi connectivity index (χ4n) is 2.36. The zero-order chi connectivity index (χ0) is 25.7. The molecule has 15 heteroatoms. The number of esters is 1. The SMILES string of the molecule is Cc1cc(COC(=O)C(F)(F)C(F)(F)C(F)(F)C(F)(F)C(F)(F)C(C)(F)F)cc(C)c1O. The lowest BCUT2D eigenvalue weighted by molar-refractivity contribution is -0.419. The molecule has 1 N–H and O–H groups in total. The van der Waals surface area contributed by atoms with E-state index in [1.807, 2.05) is 0 Å². The number of benzene rings is 1. The van der Waals surface area contributed by atoms with Gasteiger partial charge in [-0.3, -0.25) is 0 Å². The number of carbonyl (C=O) groups is 1. The van der Waals surface area contributed by atoms with E-state index < -0.39 is 55.0 Å². The van der Waals surface area contributed by atoms with Crippen LogP contribution >= 0.6 is 0 Å². The van der Waals surface area contributed by atoms with E-state index in [1.54, 1.807) is 0 Å². The third-order valence-corrected chi connectivity index (χ3v) is 4.31. The molecule has 3 nitrogen and oxygen atoms in total. The number of aromatic hydroxyl groups is 1. The van der Waals surface area contributed by atoms with Gasteiger partial charge in [0.1, 0.15) is 12.4 Å². The summed E-state index contributed by atoms with van der Waals surface area (Å²) in [6, 6.07) is 2.00. The maximum absolute atomic E-state index is 13.7. The largest absolute Gasteiger partial charge is 0.507 e. The van der Waals surface area contributed by atoms with Gasteiger partial charge in [-0.1, -0.05) is 0 Å². The number of halogens is 12. The second-order valence-electron chi connectivity index (χ2n) is 6.91. The van der Waals surface area contributed by atoms with E-state index in [1.165, 1.54) is 13.8 Å². The smallest absolute Gasteiger partial charge is 0.410 e. The molecule has 0 spiro atoms. The monoisotopic (exact) mass is 494 g/mol. The molecule has 0 aromatic heterocycles. The molecule has 32 heavy (non-hydrogen) atoms. The van der Waals surface area contributed by atoms with E-state index in [4.69, 9.17) is 0 Å². The second-order valence-corrected chi connectivity index (χ2v) is 6.91. The van der Waals surface area contributed by atoms with Crippen molar-refractivity contribution in [3.05, 3.63) is 28.8 Å². The van der Waals surface area contributed by atoms with Crippen molar-refractivity contribution in [3.8, 4) is 5.75 Å². The molecule has 0 aliphatic heterocycles. The number of rotatable bonds is 8. The molecule has 0 amide bonds. The van der Waals surface area contributed by atoms with Gasteiger partial charge < -0.3 is 9.84 Å². The maximum atomic E-state index is 13.7. The van der Waals surface area contributed by atoms with E-state index in [0.717, 1.165) is 12.1 Å². The van der Waals surface area contributed by atoms with Gasteiger partial charge >= 0.3 is 41.5 Å². The Bertz CT molecular complexity index is 851. The molecular weight excluding hydrogens is 480 g/mol. The Morgan fingerprint density at radius 3 is 1.53 bits per heavy atom. The summed E-state index contributed by atoms with van der Waals surface area (Å²) in [6.45, 7) is 0.228. The van der Waals surface area contributed by atoms with Crippen molar-refractivity contribution in [1.29, 1.82) is 0 Å². The Morgan fingerprint density at radius 1 is 0.781 bits per heavy atom. The van der Waals surface area contributed by atoms with Crippen LogP contribution in [0.2, 0.25) is 0 Å². The Kier molecular flexibility index (Phi) is 6.84. The molecule has 0 radical (unpaired) electrons. The topological polar surface area (TPSA) is 46.5 Å². The minimum atomic E-state index is -7.84. The lowest BCUT2D eigenvalue weighted by Gasteiger charge is -2.40. The molecule has 0 unspecified atom stereocenters. The molecule has 184 valence electrons. The van der Waals surface area contributed by atoms with Gasteiger partial charge in [0.05, 0.1) is 0 Å². The first-order valence-electron chi connectivity index (χ1n) is 8.20. The Balaban J connectivity index is 3.28. The highest BCUT2D eigenvalue weighted by atomic mass is 19.4. The molecule has 1 aromatic rings. The Labute approximate surface area is 172 Å². The number of aryl methyl sites for hydroxylation is 2. The minimum absolute atomic E-state index is 0.0852. The number of phenolic OH excluding ortho intramolecular Hbond substituents is 1. The molecule has 1 aromatic carbocycles. The van der Waals surface area contributed by atoms with E-state index in [9.17, 15) is 62.6 Å². The predicted octanol–water partition coefficient (Wildman–Crippen LogP) is 5.88. The van der Waals surface area contributed by atoms with Crippen molar-refractivity contribution < 1.29 is 67.3 Å². The molecule has 1 rings (SSSR count). The summed E-state index contributed by atoms with van der Waals surface area (Å²) < 4.78 is 164. The highest BCUT2D eigenvalue weighted by molar-refractivity contribution is 5.79. The van der Waals surface area contributed by atoms with E-state index >= 15 is 0 Å². The van der Waals surface area contributed by atoms with Crippen LogP contribution in [0.5, 0.6) is 5.75 Å². The fourth-order valence-corrected chi connectivity index (χ4v) is 2.36. The third kappa shape index (κ3) is 4.05. The molecule has 0 saturated carbocycles. The van der Waals surface area contributed by atoms with E-state index in [0.29, 0.717) is 0 Å². The lowest BCUT2D eigenvalue weighted by atomic mass is 9.92. The van der Waals surface area contributed by atoms with Crippen LogP contribution in [0.4, 0.5) is 52.7 Å². The highest BCUT2D eigenvalue weighted by Gasteiger charge is 2.90. The van der Waals surface area contributed by atoms with Crippen molar-refractivity contribution >= 4 is 5.97 Å². The summed E-state index contributed by atoms with van der Waals surface area (Å²) >= 11 is 0. The highest BCUT2D eigenvalue weighted by Crippen LogP contribution is 2.60. The van der Waals surface area contributed by atoms with Crippen molar-refractivity contribution in [1.82, 2.24) is 0 Å². The van der Waals surface area contributed by atoms with Crippen LogP contribution in [0, 0.1) is 13.8 Å². The summed E-state index contributed by atoms with van der Waals surface area (Å²) in [5.41, 5.74) is -0.0661. The van der Waals surface area contributed by atoms with E-state index in [-0.39, 0.29) is 22.4 Å². The number of phenols is 1. The van der Waals surface area contributed by atoms with Crippen molar-refractivity contribution in [3.63, 3.8) is 0 Å². The van der Waals surface area contributed by atoms with Crippen LogP contribution < -0.4 is 0 Å². The molecule has 0 heterocycles. The summed E-state index contributed by atoms with van der Waals surface area (Å²) in [4.78, 5) is 11.3. The van der Waals surface area contributed by atoms with Gasteiger partial charge in [0, 0.05) is 6.92 Å². The van der Waals surface area contributed by atoms with Gasteiger partial charge in [-0.05, 0) is 42.7 Å². The number of alkyl halides is 12. The summed E-state index contributed by atoms with van der Waals surface area (Å²) in [6.07, 6.45) is 0. The van der Waals surface area contributed by atoms with Crippen molar-refractivity contribution in [2.24, 2.45) is 0 Å². The van der Waals surface area contributed by atoms with Gasteiger partial charge in [-0.25, -0.2) is 4.79 Å². The van der Waals surface area contributed by atoms with Crippen LogP contribution in [0.15, 0.2) is 12.1 Å². The molecule has 0 fully saturated rings. The summed E-state index contributed by atoms with van der Waals surface area (Å²) in [7, 11) is 0. The minimum Gasteiger partial charge on any atom is -0.507 e. The molecule has 0 aliphatic carbocycles. The first-order valence-corrected chi connectivity index (χ1v) is 8.20. The fraction of sp³-hybridized carbons (Fsp3) is 0.588. The number of ether oxygens (including phenoxy) is 1. The lowest BCUT2D eigenvalue weighted by Crippen LogP contribution is -2.71. The third-order valence-electron chi connectivity index (χ3n) is 4.31. The van der Waals surface area contributed by atoms with Crippen LogP contribution in [0.25, 0.3) is 0 Å². The molecule has 0 bridgehead atoms. The van der Waals surface area contributed by atoms with Gasteiger partial charge in [0.25, 0.3) is 0 Å². The van der Waals surface area contributed by atoms with Crippen LogP contribution in [-0.4, -0.2) is 46.6 Å². The van der Waals surface area contributed by atoms with Crippen LogP contribution in [0.1, 0.15) is 23.6 Å². The number of hydrogen-bond acceptors (Lipinski definition) is 3. The predicted molar refractivity (Wildman–Crippen MR) is 82.7 cm³/mol. The van der Waals surface area contributed by atoms with Crippen LogP contribution in [0.3, 0.4) is 0 Å². The molecule has 0 aliphatic rings.